The maximum Gasteiger partial charge on any atom is 0.164 e. The van der Waals surface area contributed by atoms with Crippen LogP contribution in [0, 0.1) is 0 Å². The number of furan rings is 1. The summed E-state index contributed by atoms with van der Waals surface area (Å²) in [5.74, 6) is 2.68. The van der Waals surface area contributed by atoms with Gasteiger partial charge in [0.1, 0.15) is 23.0 Å². The summed E-state index contributed by atoms with van der Waals surface area (Å²) in [5, 5.41) is 6.82. The van der Waals surface area contributed by atoms with E-state index in [-0.39, 0.29) is 12.0 Å². The maximum atomic E-state index is 6.66. The number of benzene rings is 7. The standard InChI is InChI=1S/C47H29N3O2/c1-3-11-30-23-32(19-17-28(30)9-1)35-25-39(44-38-14-6-8-16-41(38)52-43(44)27-35)47-49-45(33-20-18-29-10-2-4-12-31(29)24-33)48-46(50-47)34-21-22-37-36-13-5-7-15-40(36)51-42(37)26-34/h1-27,38,41H. The number of fused-ring (bicyclic) bond motifs is 8. The smallest absolute Gasteiger partial charge is 0.164 e. The monoisotopic (exact) mass is 667 g/mol. The first-order valence-corrected chi connectivity index (χ1v) is 17.6. The lowest BCUT2D eigenvalue weighted by Crippen LogP contribution is -2.16. The molecule has 0 N–H and O–H groups in total. The van der Waals surface area contributed by atoms with Crippen molar-refractivity contribution in [1.82, 2.24) is 15.0 Å². The third-order valence-corrected chi connectivity index (χ3v) is 10.4. The van der Waals surface area contributed by atoms with Crippen molar-refractivity contribution in [3.8, 4) is 51.0 Å². The van der Waals surface area contributed by atoms with Crippen molar-refractivity contribution in [3.05, 3.63) is 169 Å². The second-order valence-electron chi connectivity index (χ2n) is 13.6. The molecular weight excluding hydrogens is 639 g/mol. The van der Waals surface area contributed by atoms with Crippen LogP contribution in [0.5, 0.6) is 5.75 Å². The van der Waals surface area contributed by atoms with E-state index in [1.807, 2.05) is 24.3 Å². The van der Waals surface area contributed by atoms with Gasteiger partial charge < -0.3 is 9.15 Å². The van der Waals surface area contributed by atoms with E-state index in [4.69, 9.17) is 24.1 Å². The lowest BCUT2D eigenvalue weighted by atomic mass is 9.86. The van der Waals surface area contributed by atoms with E-state index in [1.54, 1.807) is 0 Å². The molecule has 7 aromatic carbocycles. The Morgan fingerprint density at radius 3 is 1.87 bits per heavy atom. The molecule has 0 radical (unpaired) electrons. The molecule has 1 aliphatic heterocycles. The van der Waals surface area contributed by atoms with E-state index in [9.17, 15) is 0 Å². The van der Waals surface area contributed by atoms with Gasteiger partial charge in [-0.15, -0.1) is 0 Å². The van der Waals surface area contributed by atoms with Gasteiger partial charge in [-0.25, -0.2) is 15.0 Å². The van der Waals surface area contributed by atoms with Crippen LogP contribution < -0.4 is 4.74 Å². The van der Waals surface area contributed by atoms with E-state index >= 15 is 0 Å². The minimum Gasteiger partial charge on any atom is -0.485 e. The van der Waals surface area contributed by atoms with Crippen molar-refractivity contribution in [2.45, 2.75) is 12.0 Å². The zero-order valence-corrected chi connectivity index (χ0v) is 27.9. The van der Waals surface area contributed by atoms with Gasteiger partial charge in [0.25, 0.3) is 0 Å². The molecule has 5 heteroatoms. The summed E-state index contributed by atoms with van der Waals surface area (Å²) in [6.07, 6.45) is 8.42. The first kappa shape index (κ1) is 28.9. The topological polar surface area (TPSA) is 61.0 Å². The van der Waals surface area contributed by atoms with Crippen LogP contribution in [-0.4, -0.2) is 21.1 Å². The highest BCUT2D eigenvalue weighted by molar-refractivity contribution is 6.05. The molecule has 2 aromatic heterocycles. The second kappa shape index (κ2) is 11.3. The van der Waals surface area contributed by atoms with Crippen molar-refractivity contribution in [1.29, 1.82) is 0 Å². The number of rotatable bonds is 4. The zero-order valence-electron chi connectivity index (χ0n) is 27.9. The maximum absolute atomic E-state index is 6.66. The van der Waals surface area contributed by atoms with Gasteiger partial charge in [0.05, 0.1) is 0 Å². The number of nitrogens with zero attached hydrogens (tertiary/aromatic N) is 3. The third kappa shape index (κ3) is 4.67. The summed E-state index contributed by atoms with van der Waals surface area (Å²) in [4.78, 5) is 15.7. The molecule has 0 bridgehead atoms. The molecule has 3 heterocycles. The largest absolute Gasteiger partial charge is 0.485 e. The molecule has 1 aliphatic carbocycles. The molecule has 0 spiro atoms. The van der Waals surface area contributed by atoms with Gasteiger partial charge in [-0.1, -0.05) is 115 Å². The summed E-state index contributed by atoms with van der Waals surface area (Å²) in [6.45, 7) is 0. The van der Waals surface area contributed by atoms with Crippen molar-refractivity contribution >= 4 is 43.5 Å². The first-order chi connectivity index (χ1) is 25.7. The minimum atomic E-state index is -0.0950. The molecule has 5 nitrogen and oxygen atoms in total. The molecule has 9 aromatic rings. The Morgan fingerprint density at radius 1 is 0.442 bits per heavy atom. The van der Waals surface area contributed by atoms with E-state index < -0.39 is 0 Å². The van der Waals surface area contributed by atoms with E-state index in [0.717, 1.165) is 71.8 Å². The summed E-state index contributed by atoms with van der Waals surface area (Å²) in [5.41, 5.74) is 7.60. The lowest BCUT2D eigenvalue weighted by molar-refractivity contribution is 0.269. The van der Waals surface area contributed by atoms with Crippen LogP contribution in [0.25, 0.3) is 88.8 Å². The Labute approximate surface area is 299 Å². The molecule has 2 atom stereocenters. The third-order valence-electron chi connectivity index (χ3n) is 10.4. The van der Waals surface area contributed by atoms with E-state index in [0.29, 0.717) is 17.5 Å². The van der Waals surface area contributed by atoms with Gasteiger partial charge in [-0.2, -0.15) is 0 Å². The lowest BCUT2D eigenvalue weighted by Gasteiger charge is -2.17. The highest BCUT2D eigenvalue weighted by Gasteiger charge is 2.36. The summed E-state index contributed by atoms with van der Waals surface area (Å²) >= 11 is 0. The molecule has 2 unspecified atom stereocenters. The number of hydrogen-bond donors (Lipinski definition) is 0. The van der Waals surface area contributed by atoms with Crippen molar-refractivity contribution in [2.75, 3.05) is 0 Å². The second-order valence-corrected chi connectivity index (χ2v) is 13.6. The highest BCUT2D eigenvalue weighted by atomic mass is 16.5. The zero-order chi connectivity index (χ0) is 34.2. The molecular formula is C47H29N3O2. The van der Waals surface area contributed by atoms with Crippen molar-refractivity contribution < 1.29 is 9.15 Å². The molecule has 2 aliphatic rings. The molecule has 11 rings (SSSR count). The van der Waals surface area contributed by atoms with Gasteiger partial charge in [0, 0.05) is 38.9 Å². The Hall–Kier alpha value is -6.85. The Bertz CT molecular complexity index is 2970. The van der Waals surface area contributed by atoms with Crippen LogP contribution in [0.1, 0.15) is 11.5 Å². The number of allylic oxidation sites excluding steroid dienone is 2. The van der Waals surface area contributed by atoms with Crippen LogP contribution in [-0.2, 0) is 0 Å². The summed E-state index contributed by atoms with van der Waals surface area (Å²) in [7, 11) is 0. The van der Waals surface area contributed by atoms with E-state index in [2.05, 4.69) is 140 Å². The fraction of sp³-hybridized carbons (Fsp3) is 0.0426. The number of hydrogen-bond acceptors (Lipinski definition) is 5. The summed E-state index contributed by atoms with van der Waals surface area (Å²) < 4.78 is 13.0. The molecule has 244 valence electrons. The fourth-order valence-electron chi connectivity index (χ4n) is 7.84. The van der Waals surface area contributed by atoms with Crippen molar-refractivity contribution in [2.24, 2.45) is 0 Å². The minimum absolute atomic E-state index is 0.0388. The predicted molar refractivity (Wildman–Crippen MR) is 209 cm³/mol. The Balaban J connectivity index is 1.15. The number of para-hydroxylation sites is 1. The van der Waals surface area contributed by atoms with E-state index in [1.165, 1.54) is 10.8 Å². The molecule has 0 fully saturated rings. The van der Waals surface area contributed by atoms with Gasteiger partial charge in [0.15, 0.2) is 17.5 Å². The molecule has 52 heavy (non-hydrogen) atoms. The number of aromatic nitrogens is 3. The average molecular weight is 668 g/mol. The first-order valence-electron chi connectivity index (χ1n) is 17.6. The molecule has 0 saturated heterocycles. The Kier molecular flexibility index (Phi) is 6.31. The van der Waals surface area contributed by atoms with Crippen LogP contribution >= 0.6 is 0 Å². The van der Waals surface area contributed by atoms with Gasteiger partial charge in [0.2, 0.25) is 0 Å². The van der Waals surface area contributed by atoms with Crippen LogP contribution in [0.2, 0.25) is 0 Å². The summed E-state index contributed by atoms with van der Waals surface area (Å²) in [6, 6.07) is 48.5. The molecule has 0 saturated carbocycles. The van der Waals surface area contributed by atoms with Crippen LogP contribution in [0.3, 0.4) is 0 Å². The fourth-order valence-corrected chi connectivity index (χ4v) is 7.84. The SMILES string of the molecule is C1=CC2Oc3cc(-c4ccc5ccccc5c4)cc(-c4nc(-c5ccc6ccccc6c5)nc(-c5ccc6c(c5)oc5ccccc56)n4)c3C2C=C1. The number of ether oxygens (including phenoxy) is 1. The molecule has 0 amide bonds. The normalized spacial score (nSPS) is 16.1. The predicted octanol–water partition coefficient (Wildman–Crippen LogP) is 11.7. The van der Waals surface area contributed by atoms with Gasteiger partial charge in [-0.05, 0) is 81.2 Å². The Morgan fingerprint density at radius 2 is 1.06 bits per heavy atom. The van der Waals surface area contributed by atoms with Gasteiger partial charge in [-0.3, -0.25) is 0 Å². The average Bonchev–Trinajstić information content (AvgIpc) is 3.78. The quantitative estimate of drug-likeness (QED) is 0.187. The highest BCUT2D eigenvalue weighted by Crippen LogP contribution is 2.48. The van der Waals surface area contributed by atoms with Crippen molar-refractivity contribution in [3.63, 3.8) is 0 Å². The van der Waals surface area contributed by atoms with Crippen LogP contribution in [0.15, 0.2) is 168 Å². The van der Waals surface area contributed by atoms with Crippen LogP contribution in [0.4, 0.5) is 0 Å². The van der Waals surface area contributed by atoms with Gasteiger partial charge >= 0.3 is 0 Å².